The van der Waals surface area contributed by atoms with Crippen molar-refractivity contribution in [3.05, 3.63) is 64.7 Å². The van der Waals surface area contributed by atoms with Crippen molar-refractivity contribution >= 4 is 17.2 Å². The molecule has 1 amide bonds. The second-order valence-electron chi connectivity index (χ2n) is 6.48. The Hall–Kier alpha value is -2.86. The number of amides is 1. The molecule has 28 heavy (non-hydrogen) atoms. The lowest BCUT2D eigenvalue weighted by molar-refractivity contribution is -0.123. The predicted octanol–water partition coefficient (Wildman–Crippen LogP) is 4.17. The number of methoxy groups -OCH3 is 1. The molecule has 3 rings (SSSR count). The van der Waals surface area contributed by atoms with E-state index in [2.05, 4.69) is 10.3 Å². The number of nitrogens with zero attached hydrogens (tertiary/aromatic N) is 1. The number of aryl methyl sites for hydroxylation is 2. The van der Waals surface area contributed by atoms with Crippen molar-refractivity contribution < 1.29 is 14.3 Å². The molecule has 0 aliphatic carbocycles. The second kappa shape index (κ2) is 9.37. The van der Waals surface area contributed by atoms with Gasteiger partial charge in [-0.2, -0.15) is 0 Å². The lowest BCUT2D eigenvalue weighted by Gasteiger charge is -2.11. The summed E-state index contributed by atoms with van der Waals surface area (Å²) in [4.78, 5) is 16.7. The van der Waals surface area contributed by atoms with Crippen LogP contribution in [0.25, 0.3) is 10.6 Å². The quantitative estimate of drug-likeness (QED) is 0.621. The Labute approximate surface area is 169 Å². The van der Waals surface area contributed by atoms with E-state index in [4.69, 9.17) is 9.47 Å². The van der Waals surface area contributed by atoms with Gasteiger partial charge in [-0.3, -0.25) is 4.79 Å². The lowest BCUT2D eigenvalue weighted by Crippen LogP contribution is -2.30. The molecule has 0 aliphatic heterocycles. The van der Waals surface area contributed by atoms with Crippen LogP contribution in [0, 0.1) is 13.8 Å². The molecule has 0 radical (unpaired) electrons. The first-order chi connectivity index (χ1) is 13.6. The van der Waals surface area contributed by atoms with Gasteiger partial charge in [-0.05, 0) is 49.2 Å². The molecule has 3 aromatic rings. The first-order valence-corrected chi connectivity index (χ1v) is 9.99. The maximum Gasteiger partial charge on any atom is 0.257 e. The van der Waals surface area contributed by atoms with Gasteiger partial charge in [-0.15, -0.1) is 11.3 Å². The summed E-state index contributed by atoms with van der Waals surface area (Å²) < 4.78 is 10.9. The SMILES string of the molecule is COc1ccc(-c2nc(CCNC(=O)COc3c(C)cccc3C)cs2)cc1. The fraction of sp³-hybridized carbons (Fsp3) is 0.273. The minimum Gasteiger partial charge on any atom is -0.497 e. The van der Waals surface area contributed by atoms with Gasteiger partial charge in [0.1, 0.15) is 16.5 Å². The molecule has 2 aromatic carbocycles. The third kappa shape index (κ3) is 5.10. The molecule has 1 N–H and O–H groups in total. The van der Waals surface area contributed by atoms with Gasteiger partial charge in [-0.25, -0.2) is 4.98 Å². The Morgan fingerprint density at radius 3 is 2.50 bits per heavy atom. The monoisotopic (exact) mass is 396 g/mol. The largest absolute Gasteiger partial charge is 0.497 e. The number of aromatic nitrogens is 1. The highest BCUT2D eigenvalue weighted by Crippen LogP contribution is 2.26. The number of thiazole rings is 1. The normalized spacial score (nSPS) is 10.5. The Bertz CT molecular complexity index is 915. The fourth-order valence-electron chi connectivity index (χ4n) is 2.83. The first kappa shape index (κ1) is 19.9. The Morgan fingerprint density at radius 2 is 1.82 bits per heavy atom. The van der Waals surface area contributed by atoms with Crippen molar-refractivity contribution in [2.24, 2.45) is 0 Å². The number of para-hydroxylation sites is 1. The van der Waals surface area contributed by atoms with Crippen LogP contribution in [0.2, 0.25) is 0 Å². The minimum absolute atomic E-state index is 0.0137. The van der Waals surface area contributed by atoms with Gasteiger partial charge in [0.2, 0.25) is 0 Å². The summed E-state index contributed by atoms with van der Waals surface area (Å²) in [7, 11) is 1.65. The third-order valence-corrected chi connectivity index (χ3v) is 5.29. The zero-order valence-electron chi connectivity index (χ0n) is 16.3. The highest BCUT2D eigenvalue weighted by molar-refractivity contribution is 7.13. The van der Waals surface area contributed by atoms with Crippen LogP contribution >= 0.6 is 11.3 Å². The molecule has 0 spiro atoms. The molecule has 0 aliphatic rings. The van der Waals surface area contributed by atoms with Crippen LogP contribution in [-0.2, 0) is 11.2 Å². The Balaban J connectivity index is 1.46. The van der Waals surface area contributed by atoms with E-state index in [9.17, 15) is 4.79 Å². The van der Waals surface area contributed by atoms with Crippen LogP contribution in [0.1, 0.15) is 16.8 Å². The average Bonchev–Trinajstić information content (AvgIpc) is 3.16. The van der Waals surface area contributed by atoms with E-state index in [-0.39, 0.29) is 12.5 Å². The summed E-state index contributed by atoms with van der Waals surface area (Å²) in [6, 6.07) is 13.8. The molecule has 1 heterocycles. The highest BCUT2D eigenvalue weighted by Gasteiger charge is 2.08. The lowest BCUT2D eigenvalue weighted by atomic mass is 10.1. The zero-order valence-corrected chi connectivity index (χ0v) is 17.1. The van der Waals surface area contributed by atoms with E-state index < -0.39 is 0 Å². The smallest absolute Gasteiger partial charge is 0.257 e. The number of ether oxygens (including phenoxy) is 2. The molecule has 0 fully saturated rings. The summed E-state index contributed by atoms with van der Waals surface area (Å²) in [6.45, 7) is 4.49. The molecule has 0 unspecified atom stereocenters. The van der Waals surface area contributed by atoms with E-state index in [1.54, 1.807) is 18.4 Å². The first-order valence-electron chi connectivity index (χ1n) is 9.11. The van der Waals surface area contributed by atoms with E-state index >= 15 is 0 Å². The van der Waals surface area contributed by atoms with E-state index in [1.165, 1.54) is 0 Å². The van der Waals surface area contributed by atoms with Gasteiger partial charge >= 0.3 is 0 Å². The number of carbonyl (C=O) groups excluding carboxylic acids is 1. The summed E-state index contributed by atoms with van der Waals surface area (Å²) in [6.07, 6.45) is 0.682. The molecule has 146 valence electrons. The zero-order chi connectivity index (χ0) is 19.9. The number of hydrogen-bond donors (Lipinski definition) is 1. The molecule has 6 heteroatoms. The second-order valence-corrected chi connectivity index (χ2v) is 7.34. The summed E-state index contributed by atoms with van der Waals surface area (Å²) in [5.41, 5.74) is 4.08. The van der Waals surface area contributed by atoms with E-state index in [1.807, 2.05) is 61.7 Å². The summed E-state index contributed by atoms with van der Waals surface area (Å²) in [5, 5.41) is 5.88. The van der Waals surface area contributed by atoms with Gasteiger partial charge < -0.3 is 14.8 Å². The molecular formula is C22H24N2O3S. The molecule has 1 aromatic heterocycles. The summed E-state index contributed by atoms with van der Waals surface area (Å²) in [5.74, 6) is 1.47. The van der Waals surface area contributed by atoms with Crippen LogP contribution in [-0.4, -0.2) is 31.2 Å². The Morgan fingerprint density at radius 1 is 1.11 bits per heavy atom. The van der Waals surface area contributed by atoms with Crippen LogP contribution in [0.15, 0.2) is 47.8 Å². The fourth-order valence-corrected chi connectivity index (χ4v) is 3.69. The van der Waals surface area contributed by atoms with Gasteiger partial charge in [0, 0.05) is 23.9 Å². The standard InChI is InChI=1S/C22H24N2O3S/c1-15-5-4-6-16(2)21(15)27-13-20(25)23-12-11-18-14-28-22(24-18)17-7-9-19(26-3)10-8-17/h4-10,14H,11-13H2,1-3H3,(H,23,25). The maximum absolute atomic E-state index is 12.1. The maximum atomic E-state index is 12.1. The van der Waals surface area contributed by atoms with Crippen LogP contribution in [0.5, 0.6) is 11.5 Å². The molecule has 0 saturated heterocycles. The van der Waals surface area contributed by atoms with Gasteiger partial charge in [0.25, 0.3) is 5.91 Å². The van der Waals surface area contributed by atoms with Crippen LogP contribution in [0.4, 0.5) is 0 Å². The van der Waals surface area contributed by atoms with Gasteiger partial charge in [0.05, 0.1) is 12.8 Å². The van der Waals surface area contributed by atoms with Gasteiger partial charge in [0.15, 0.2) is 6.61 Å². The van der Waals surface area contributed by atoms with Crippen molar-refractivity contribution in [2.45, 2.75) is 20.3 Å². The van der Waals surface area contributed by atoms with E-state index in [0.717, 1.165) is 38.9 Å². The van der Waals surface area contributed by atoms with Crippen LogP contribution in [0.3, 0.4) is 0 Å². The predicted molar refractivity (Wildman–Crippen MR) is 112 cm³/mol. The molecule has 0 atom stereocenters. The average molecular weight is 397 g/mol. The molecule has 0 bridgehead atoms. The summed E-state index contributed by atoms with van der Waals surface area (Å²) >= 11 is 1.60. The molecule has 5 nitrogen and oxygen atoms in total. The minimum atomic E-state index is -0.131. The number of carbonyl (C=O) groups is 1. The van der Waals surface area contributed by atoms with Crippen LogP contribution < -0.4 is 14.8 Å². The molecule has 0 saturated carbocycles. The van der Waals surface area contributed by atoms with Crippen molar-refractivity contribution in [2.75, 3.05) is 20.3 Å². The molecular weight excluding hydrogens is 372 g/mol. The van der Waals surface area contributed by atoms with Crippen molar-refractivity contribution in [1.82, 2.24) is 10.3 Å². The van der Waals surface area contributed by atoms with Gasteiger partial charge in [-0.1, -0.05) is 18.2 Å². The number of rotatable bonds is 8. The third-order valence-electron chi connectivity index (χ3n) is 4.35. The van der Waals surface area contributed by atoms with Crippen molar-refractivity contribution in [3.8, 4) is 22.1 Å². The highest BCUT2D eigenvalue weighted by atomic mass is 32.1. The topological polar surface area (TPSA) is 60.5 Å². The van der Waals surface area contributed by atoms with E-state index in [0.29, 0.717) is 13.0 Å². The number of nitrogens with one attached hydrogen (secondary N) is 1. The Kier molecular flexibility index (Phi) is 6.66. The number of hydrogen-bond acceptors (Lipinski definition) is 5. The van der Waals surface area contributed by atoms with Crippen molar-refractivity contribution in [1.29, 1.82) is 0 Å². The van der Waals surface area contributed by atoms with Crippen molar-refractivity contribution in [3.63, 3.8) is 0 Å². The number of benzene rings is 2.